The van der Waals surface area contributed by atoms with Gasteiger partial charge in [-0.1, -0.05) is 0 Å². The molecular weight excluding hydrogens is 328 g/mol. The van der Waals surface area contributed by atoms with Gasteiger partial charge in [-0.3, -0.25) is 4.99 Å². The molecule has 7 heteroatoms. The molecule has 7 nitrogen and oxygen atoms in total. The maximum Gasteiger partial charge on any atom is 0.214 e. The highest BCUT2D eigenvalue weighted by molar-refractivity contribution is 6.14. The van der Waals surface area contributed by atoms with Crippen LogP contribution in [0.5, 0.6) is 5.88 Å². The van der Waals surface area contributed by atoms with Crippen LogP contribution in [0.15, 0.2) is 29.6 Å². The highest BCUT2D eigenvalue weighted by Crippen LogP contribution is 2.26. The number of hydrogen-bond donors (Lipinski definition) is 0. The minimum absolute atomic E-state index is 0.0882. The molecule has 0 aliphatic carbocycles. The number of anilines is 1. The summed E-state index contributed by atoms with van der Waals surface area (Å²) >= 11 is 0. The van der Waals surface area contributed by atoms with E-state index in [1.54, 1.807) is 6.33 Å². The number of pyridine rings is 1. The van der Waals surface area contributed by atoms with Crippen LogP contribution in [-0.4, -0.2) is 64.9 Å². The lowest BCUT2D eigenvalue weighted by atomic mass is 10.1. The zero-order valence-electron chi connectivity index (χ0n) is 15.5. The predicted octanol–water partition coefficient (Wildman–Crippen LogP) is 1.76. The van der Waals surface area contributed by atoms with E-state index < -0.39 is 0 Å². The van der Waals surface area contributed by atoms with E-state index in [0.717, 1.165) is 54.5 Å². The van der Waals surface area contributed by atoms with Crippen LogP contribution < -0.4 is 9.64 Å². The van der Waals surface area contributed by atoms with Gasteiger partial charge >= 0.3 is 0 Å². The molecule has 0 spiro atoms. The van der Waals surface area contributed by atoms with E-state index in [1.807, 2.05) is 32.2 Å². The monoisotopic (exact) mass is 352 g/mol. The number of rotatable bonds is 4. The van der Waals surface area contributed by atoms with Crippen LogP contribution in [-0.2, 0) is 6.54 Å². The maximum atomic E-state index is 5.74. The van der Waals surface area contributed by atoms with E-state index >= 15 is 0 Å². The van der Waals surface area contributed by atoms with Gasteiger partial charge in [0.1, 0.15) is 12.1 Å². The zero-order chi connectivity index (χ0) is 18.1. The normalized spacial score (nSPS) is 17.4. The molecule has 0 amide bonds. The Bertz CT molecular complexity index is 827. The molecular formula is C19H24N6O. The molecule has 0 atom stereocenters. The molecule has 1 fully saturated rings. The molecule has 2 aromatic rings. The standard InChI is InChI=1S/C19H24N6O/c1-13(2)26-18-8-15-14(10-20-18)11-21-19(15)16-9-17(23-12-22-16)25-6-4-24(3)5-7-25/h8-10,12-13H,4-7,11H2,1-3H3. The van der Waals surface area contributed by atoms with Crippen molar-refractivity contribution in [2.45, 2.75) is 26.5 Å². The maximum absolute atomic E-state index is 5.74. The van der Waals surface area contributed by atoms with Gasteiger partial charge < -0.3 is 14.5 Å². The SMILES string of the molecule is CC(C)Oc1cc2c(cn1)CN=C2c1cc(N2CCN(C)CC2)ncn1. The van der Waals surface area contributed by atoms with Crippen molar-refractivity contribution in [2.75, 3.05) is 38.1 Å². The van der Waals surface area contributed by atoms with Crippen molar-refractivity contribution in [3.05, 3.63) is 41.5 Å². The first-order chi connectivity index (χ1) is 12.6. The Morgan fingerprint density at radius 2 is 1.85 bits per heavy atom. The second kappa shape index (κ2) is 6.99. The second-order valence-corrected chi connectivity index (χ2v) is 7.06. The summed E-state index contributed by atoms with van der Waals surface area (Å²) in [5.41, 5.74) is 3.91. The first kappa shape index (κ1) is 16.9. The number of aliphatic imine (C=N–C) groups is 1. The fourth-order valence-corrected chi connectivity index (χ4v) is 3.27. The number of nitrogens with zero attached hydrogens (tertiary/aromatic N) is 6. The van der Waals surface area contributed by atoms with Crippen molar-refractivity contribution in [2.24, 2.45) is 4.99 Å². The van der Waals surface area contributed by atoms with E-state index in [9.17, 15) is 0 Å². The third-order valence-corrected chi connectivity index (χ3v) is 4.70. The Labute approximate surface area is 153 Å². The minimum atomic E-state index is 0.0882. The van der Waals surface area contributed by atoms with Crippen LogP contribution in [0.25, 0.3) is 0 Å². The largest absolute Gasteiger partial charge is 0.475 e. The topological polar surface area (TPSA) is 66.7 Å². The Morgan fingerprint density at radius 1 is 1.04 bits per heavy atom. The third kappa shape index (κ3) is 3.39. The van der Waals surface area contributed by atoms with Gasteiger partial charge in [0, 0.05) is 55.6 Å². The molecule has 4 rings (SSSR count). The average molecular weight is 352 g/mol. The van der Waals surface area contributed by atoms with Gasteiger partial charge in [0.15, 0.2) is 0 Å². The van der Waals surface area contributed by atoms with Crippen LogP contribution in [0, 0.1) is 0 Å². The van der Waals surface area contributed by atoms with Gasteiger partial charge in [-0.15, -0.1) is 0 Å². The summed E-state index contributed by atoms with van der Waals surface area (Å²) in [5.74, 6) is 1.59. The molecule has 2 aromatic heterocycles. The fraction of sp³-hybridized carbons (Fsp3) is 0.474. The van der Waals surface area contributed by atoms with E-state index in [2.05, 4.69) is 31.8 Å². The van der Waals surface area contributed by atoms with E-state index in [1.165, 1.54) is 0 Å². The molecule has 136 valence electrons. The van der Waals surface area contributed by atoms with Crippen LogP contribution in [0.3, 0.4) is 0 Å². The molecule has 0 radical (unpaired) electrons. The van der Waals surface area contributed by atoms with Crippen LogP contribution in [0.4, 0.5) is 5.82 Å². The summed E-state index contributed by atoms with van der Waals surface area (Å²) in [5, 5.41) is 0. The summed E-state index contributed by atoms with van der Waals surface area (Å²) in [6.07, 6.45) is 3.58. The Balaban J connectivity index is 1.61. The van der Waals surface area contributed by atoms with Crippen molar-refractivity contribution >= 4 is 11.5 Å². The molecule has 0 saturated carbocycles. The summed E-state index contributed by atoms with van der Waals surface area (Å²) < 4.78 is 5.74. The van der Waals surface area contributed by atoms with Crippen molar-refractivity contribution in [3.63, 3.8) is 0 Å². The van der Waals surface area contributed by atoms with Crippen molar-refractivity contribution in [1.29, 1.82) is 0 Å². The summed E-state index contributed by atoms with van der Waals surface area (Å²) in [7, 11) is 2.15. The third-order valence-electron chi connectivity index (χ3n) is 4.70. The minimum Gasteiger partial charge on any atom is -0.475 e. The number of piperazine rings is 1. The number of likely N-dealkylation sites (N-methyl/N-ethyl adjacent to an activating group) is 1. The Morgan fingerprint density at radius 3 is 2.62 bits per heavy atom. The highest BCUT2D eigenvalue weighted by Gasteiger charge is 2.22. The number of ether oxygens (including phenoxy) is 1. The van der Waals surface area contributed by atoms with Crippen molar-refractivity contribution in [1.82, 2.24) is 19.9 Å². The van der Waals surface area contributed by atoms with Gasteiger partial charge in [0.05, 0.1) is 24.1 Å². The van der Waals surface area contributed by atoms with Gasteiger partial charge in [0.2, 0.25) is 5.88 Å². The zero-order valence-corrected chi connectivity index (χ0v) is 15.5. The fourth-order valence-electron chi connectivity index (χ4n) is 3.27. The van der Waals surface area contributed by atoms with Crippen LogP contribution in [0.2, 0.25) is 0 Å². The summed E-state index contributed by atoms with van der Waals surface area (Å²) in [6, 6.07) is 4.02. The van der Waals surface area contributed by atoms with Crippen molar-refractivity contribution in [3.8, 4) is 5.88 Å². The van der Waals surface area contributed by atoms with Crippen LogP contribution in [0.1, 0.15) is 30.7 Å². The Kier molecular flexibility index (Phi) is 4.55. The summed E-state index contributed by atoms with van der Waals surface area (Å²) in [6.45, 7) is 8.68. The number of fused-ring (bicyclic) bond motifs is 1. The number of hydrogen-bond acceptors (Lipinski definition) is 7. The lowest BCUT2D eigenvalue weighted by molar-refractivity contribution is 0.232. The molecule has 2 aliphatic heterocycles. The second-order valence-electron chi connectivity index (χ2n) is 7.06. The lowest BCUT2D eigenvalue weighted by Gasteiger charge is -2.33. The predicted molar refractivity (Wildman–Crippen MR) is 101 cm³/mol. The van der Waals surface area contributed by atoms with Gasteiger partial charge in [0.25, 0.3) is 0 Å². The quantitative estimate of drug-likeness (QED) is 0.835. The Hall–Kier alpha value is -2.54. The average Bonchev–Trinajstić information content (AvgIpc) is 3.05. The first-order valence-corrected chi connectivity index (χ1v) is 9.06. The molecule has 0 aromatic carbocycles. The van der Waals surface area contributed by atoms with E-state index in [0.29, 0.717) is 12.4 Å². The molecule has 4 heterocycles. The molecule has 0 N–H and O–H groups in total. The van der Waals surface area contributed by atoms with E-state index in [4.69, 9.17) is 9.73 Å². The molecule has 2 aliphatic rings. The van der Waals surface area contributed by atoms with Gasteiger partial charge in [-0.25, -0.2) is 15.0 Å². The van der Waals surface area contributed by atoms with Crippen LogP contribution >= 0.6 is 0 Å². The first-order valence-electron chi connectivity index (χ1n) is 9.06. The number of aromatic nitrogens is 3. The molecule has 26 heavy (non-hydrogen) atoms. The van der Waals surface area contributed by atoms with Crippen molar-refractivity contribution < 1.29 is 4.74 Å². The van der Waals surface area contributed by atoms with E-state index in [-0.39, 0.29) is 6.10 Å². The molecule has 0 bridgehead atoms. The highest BCUT2D eigenvalue weighted by atomic mass is 16.5. The lowest BCUT2D eigenvalue weighted by Crippen LogP contribution is -2.44. The van der Waals surface area contributed by atoms with Gasteiger partial charge in [-0.2, -0.15) is 0 Å². The summed E-state index contributed by atoms with van der Waals surface area (Å²) in [4.78, 5) is 22.7. The smallest absolute Gasteiger partial charge is 0.214 e. The molecule has 1 saturated heterocycles. The molecule has 0 unspecified atom stereocenters. The van der Waals surface area contributed by atoms with Gasteiger partial charge in [-0.05, 0) is 20.9 Å².